The maximum atomic E-state index is 10.2. The van der Waals surface area contributed by atoms with Crippen LogP contribution in [0.2, 0.25) is 0 Å². The lowest BCUT2D eigenvalue weighted by Crippen LogP contribution is -2.24. The standard InChI is InChI=1S/C8H15NO2/c1-6(2)9-5-7(3)4-8(10)11/h4,6,9H,5H2,1-3H3,(H,10,11)/b7-4+. The van der Waals surface area contributed by atoms with Crippen LogP contribution in [0.5, 0.6) is 0 Å². The quantitative estimate of drug-likeness (QED) is 0.599. The molecule has 0 amide bonds. The van der Waals surface area contributed by atoms with Gasteiger partial charge in [-0.2, -0.15) is 0 Å². The molecular weight excluding hydrogens is 142 g/mol. The van der Waals surface area contributed by atoms with E-state index in [1.807, 2.05) is 13.8 Å². The van der Waals surface area contributed by atoms with E-state index >= 15 is 0 Å². The SMILES string of the molecule is C/C(=C\C(=O)O)CNC(C)C. The minimum Gasteiger partial charge on any atom is -0.478 e. The molecule has 64 valence electrons. The number of hydrogen-bond acceptors (Lipinski definition) is 2. The van der Waals surface area contributed by atoms with Gasteiger partial charge in [-0.3, -0.25) is 0 Å². The molecule has 0 unspecified atom stereocenters. The molecule has 0 saturated heterocycles. The van der Waals surface area contributed by atoms with Gasteiger partial charge in [-0.05, 0) is 6.92 Å². The van der Waals surface area contributed by atoms with Crippen LogP contribution in [0.3, 0.4) is 0 Å². The average Bonchev–Trinajstić information content (AvgIpc) is 1.82. The van der Waals surface area contributed by atoms with E-state index in [1.54, 1.807) is 6.92 Å². The van der Waals surface area contributed by atoms with E-state index in [4.69, 9.17) is 5.11 Å². The molecule has 0 atom stereocenters. The van der Waals surface area contributed by atoms with E-state index in [2.05, 4.69) is 5.32 Å². The van der Waals surface area contributed by atoms with Gasteiger partial charge in [-0.1, -0.05) is 19.4 Å². The number of hydrogen-bond donors (Lipinski definition) is 2. The van der Waals surface area contributed by atoms with Crippen molar-refractivity contribution in [3.8, 4) is 0 Å². The molecule has 2 N–H and O–H groups in total. The van der Waals surface area contributed by atoms with Crippen LogP contribution in [0, 0.1) is 0 Å². The molecule has 0 saturated carbocycles. The van der Waals surface area contributed by atoms with E-state index in [-0.39, 0.29) is 0 Å². The summed E-state index contributed by atoms with van der Waals surface area (Å²) < 4.78 is 0. The Kier molecular flexibility index (Phi) is 4.54. The molecule has 0 aromatic rings. The number of carboxylic acids is 1. The average molecular weight is 157 g/mol. The molecule has 0 heterocycles. The van der Waals surface area contributed by atoms with Crippen molar-refractivity contribution < 1.29 is 9.90 Å². The molecule has 11 heavy (non-hydrogen) atoms. The first kappa shape index (κ1) is 10.2. The zero-order valence-corrected chi connectivity index (χ0v) is 7.22. The first-order chi connectivity index (χ1) is 5.02. The summed E-state index contributed by atoms with van der Waals surface area (Å²) in [6.45, 7) is 6.48. The fourth-order valence-electron chi connectivity index (χ4n) is 0.627. The van der Waals surface area contributed by atoms with Crippen LogP contribution in [-0.2, 0) is 4.79 Å². The number of carboxylic acid groups (broad SMARTS) is 1. The smallest absolute Gasteiger partial charge is 0.328 e. The maximum Gasteiger partial charge on any atom is 0.328 e. The van der Waals surface area contributed by atoms with Crippen molar-refractivity contribution in [3.63, 3.8) is 0 Å². The molecule has 3 heteroatoms. The molecule has 0 aromatic heterocycles. The van der Waals surface area contributed by atoms with Gasteiger partial charge < -0.3 is 10.4 Å². The highest BCUT2D eigenvalue weighted by Gasteiger charge is 1.95. The lowest BCUT2D eigenvalue weighted by molar-refractivity contribution is -0.131. The molecule has 0 aromatic carbocycles. The Morgan fingerprint density at radius 2 is 2.18 bits per heavy atom. The molecule has 0 aliphatic carbocycles. The number of carbonyl (C=O) groups is 1. The molecule has 0 radical (unpaired) electrons. The monoisotopic (exact) mass is 157 g/mol. The first-order valence-corrected chi connectivity index (χ1v) is 3.66. The molecule has 0 aliphatic rings. The van der Waals surface area contributed by atoms with Crippen molar-refractivity contribution in [2.24, 2.45) is 0 Å². The highest BCUT2D eigenvalue weighted by molar-refractivity contribution is 5.80. The van der Waals surface area contributed by atoms with E-state index in [0.717, 1.165) is 5.57 Å². The minimum atomic E-state index is -0.881. The van der Waals surface area contributed by atoms with Gasteiger partial charge >= 0.3 is 5.97 Å². The molecular formula is C8H15NO2. The number of rotatable bonds is 4. The zero-order valence-electron chi connectivity index (χ0n) is 7.22. The Morgan fingerprint density at radius 3 is 2.55 bits per heavy atom. The third kappa shape index (κ3) is 7.06. The fraction of sp³-hybridized carbons (Fsp3) is 0.625. The van der Waals surface area contributed by atoms with E-state index in [1.165, 1.54) is 6.08 Å². The third-order valence-electron chi connectivity index (χ3n) is 1.16. The Balaban J connectivity index is 3.68. The summed E-state index contributed by atoms with van der Waals surface area (Å²) >= 11 is 0. The van der Waals surface area contributed by atoms with Crippen molar-refractivity contribution >= 4 is 5.97 Å². The van der Waals surface area contributed by atoms with Gasteiger partial charge in [0.15, 0.2) is 0 Å². The minimum absolute atomic E-state index is 0.396. The Morgan fingerprint density at radius 1 is 1.64 bits per heavy atom. The number of aliphatic carboxylic acids is 1. The lowest BCUT2D eigenvalue weighted by Gasteiger charge is -2.06. The van der Waals surface area contributed by atoms with Gasteiger partial charge in [0.05, 0.1) is 0 Å². The summed E-state index contributed by atoms with van der Waals surface area (Å²) in [6, 6.07) is 0.396. The highest BCUT2D eigenvalue weighted by atomic mass is 16.4. The number of nitrogens with one attached hydrogen (secondary N) is 1. The lowest BCUT2D eigenvalue weighted by atomic mass is 10.2. The summed E-state index contributed by atoms with van der Waals surface area (Å²) in [5, 5.41) is 11.5. The third-order valence-corrected chi connectivity index (χ3v) is 1.16. The van der Waals surface area contributed by atoms with Crippen LogP contribution in [0.15, 0.2) is 11.6 Å². The van der Waals surface area contributed by atoms with Crippen molar-refractivity contribution in [1.82, 2.24) is 5.32 Å². The molecule has 3 nitrogen and oxygen atoms in total. The van der Waals surface area contributed by atoms with E-state index < -0.39 is 5.97 Å². The van der Waals surface area contributed by atoms with Crippen LogP contribution in [-0.4, -0.2) is 23.7 Å². The zero-order chi connectivity index (χ0) is 8.85. The summed E-state index contributed by atoms with van der Waals surface area (Å²) in [5.74, 6) is -0.881. The van der Waals surface area contributed by atoms with Crippen molar-refractivity contribution in [2.75, 3.05) is 6.54 Å². The Labute approximate surface area is 67.1 Å². The van der Waals surface area contributed by atoms with Crippen molar-refractivity contribution in [1.29, 1.82) is 0 Å². The summed E-state index contributed by atoms with van der Waals surface area (Å²) in [5.41, 5.74) is 0.839. The largest absolute Gasteiger partial charge is 0.478 e. The Bertz CT molecular complexity index is 161. The molecule has 0 fully saturated rings. The van der Waals surface area contributed by atoms with Gasteiger partial charge in [-0.25, -0.2) is 4.79 Å². The maximum absolute atomic E-state index is 10.2. The second-order valence-corrected chi connectivity index (χ2v) is 2.86. The van der Waals surface area contributed by atoms with E-state index in [0.29, 0.717) is 12.6 Å². The van der Waals surface area contributed by atoms with Gasteiger partial charge in [0, 0.05) is 18.7 Å². The van der Waals surface area contributed by atoms with Crippen LogP contribution in [0.1, 0.15) is 20.8 Å². The van der Waals surface area contributed by atoms with Crippen LogP contribution in [0.25, 0.3) is 0 Å². The second kappa shape index (κ2) is 4.91. The van der Waals surface area contributed by atoms with Gasteiger partial charge in [0.2, 0.25) is 0 Å². The topological polar surface area (TPSA) is 49.3 Å². The molecule has 0 spiro atoms. The second-order valence-electron chi connectivity index (χ2n) is 2.86. The summed E-state index contributed by atoms with van der Waals surface area (Å²) in [4.78, 5) is 10.2. The molecule has 0 aliphatic heterocycles. The van der Waals surface area contributed by atoms with Crippen molar-refractivity contribution in [3.05, 3.63) is 11.6 Å². The van der Waals surface area contributed by atoms with Crippen molar-refractivity contribution in [2.45, 2.75) is 26.8 Å². The normalized spacial score (nSPS) is 12.2. The summed E-state index contributed by atoms with van der Waals surface area (Å²) in [6.07, 6.45) is 1.22. The molecule has 0 rings (SSSR count). The van der Waals surface area contributed by atoms with Gasteiger partial charge in [-0.15, -0.1) is 0 Å². The fourth-order valence-corrected chi connectivity index (χ4v) is 0.627. The van der Waals surface area contributed by atoms with Crippen LogP contribution >= 0.6 is 0 Å². The van der Waals surface area contributed by atoms with Gasteiger partial charge in [0.25, 0.3) is 0 Å². The Hall–Kier alpha value is -0.830. The summed E-state index contributed by atoms with van der Waals surface area (Å²) in [7, 11) is 0. The van der Waals surface area contributed by atoms with Crippen LogP contribution < -0.4 is 5.32 Å². The predicted octanol–water partition coefficient (Wildman–Crippen LogP) is 1.02. The predicted molar refractivity (Wildman–Crippen MR) is 44.5 cm³/mol. The van der Waals surface area contributed by atoms with Gasteiger partial charge in [0.1, 0.15) is 0 Å². The highest BCUT2D eigenvalue weighted by Crippen LogP contribution is 1.90. The van der Waals surface area contributed by atoms with Crippen LogP contribution in [0.4, 0.5) is 0 Å². The molecule has 0 bridgehead atoms. The van der Waals surface area contributed by atoms with E-state index in [9.17, 15) is 4.79 Å². The first-order valence-electron chi connectivity index (χ1n) is 3.66.